The minimum Gasteiger partial charge on any atom is -0.254 e. The van der Waals surface area contributed by atoms with Crippen LogP contribution in [0.4, 0.5) is 0 Å². The lowest BCUT2D eigenvalue weighted by atomic mass is 10.7. The zero-order valence-corrected chi connectivity index (χ0v) is 6.82. The van der Waals surface area contributed by atoms with E-state index >= 15 is 0 Å². The molecule has 2 aromatic rings. The third-order valence-corrected chi connectivity index (χ3v) is 1.91. The van der Waals surface area contributed by atoms with E-state index in [1.165, 1.54) is 18.1 Å². The van der Waals surface area contributed by atoms with E-state index in [1.807, 2.05) is 0 Å². The van der Waals surface area contributed by atoms with E-state index < -0.39 is 0 Å². The fourth-order valence-electron chi connectivity index (χ4n) is 0.668. The van der Waals surface area contributed by atoms with Crippen LogP contribution in [0, 0.1) is 0 Å². The highest BCUT2D eigenvalue weighted by Gasteiger charge is 1.99. The first-order valence-corrected chi connectivity index (χ1v) is 4.07. The number of aromatic amines is 1. The van der Waals surface area contributed by atoms with Gasteiger partial charge in [0.25, 0.3) is 0 Å². The molecule has 12 heavy (non-hydrogen) atoms. The lowest BCUT2D eigenvalue weighted by Crippen LogP contribution is -1.83. The highest BCUT2D eigenvalue weighted by molar-refractivity contribution is 7.99. The molecule has 2 heterocycles. The van der Waals surface area contributed by atoms with Gasteiger partial charge in [-0.25, -0.2) is 15.0 Å². The molecule has 0 saturated heterocycles. The summed E-state index contributed by atoms with van der Waals surface area (Å²) < 4.78 is 0. The van der Waals surface area contributed by atoms with Gasteiger partial charge in [0.15, 0.2) is 10.3 Å². The number of aromatic nitrogens is 5. The van der Waals surface area contributed by atoms with Crippen molar-refractivity contribution >= 4 is 11.8 Å². The standard InChI is InChI=1S/C6H5N5S/c1-2-7-5(8-3-1)12-6-9-4-10-11-6/h1-4H,(H,9,10,11). The Hall–Kier alpha value is -1.43. The Morgan fingerprint density at radius 3 is 2.67 bits per heavy atom. The lowest BCUT2D eigenvalue weighted by Gasteiger charge is -1.91. The van der Waals surface area contributed by atoms with Gasteiger partial charge < -0.3 is 0 Å². The van der Waals surface area contributed by atoms with Gasteiger partial charge in [0.1, 0.15) is 6.33 Å². The summed E-state index contributed by atoms with van der Waals surface area (Å²) in [5.74, 6) is 0. The summed E-state index contributed by atoms with van der Waals surface area (Å²) >= 11 is 1.34. The molecule has 0 bridgehead atoms. The molecule has 0 saturated carbocycles. The van der Waals surface area contributed by atoms with Gasteiger partial charge in [-0.2, -0.15) is 5.10 Å². The number of nitrogens with one attached hydrogen (secondary N) is 1. The van der Waals surface area contributed by atoms with E-state index in [-0.39, 0.29) is 0 Å². The molecule has 0 aliphatic rings. The van der Waals surface area contributed by atoms with Crippen molar-refractivity contribution in [2.45, 2.75) is 10.3 Å². The van der Waals surface area contributed by atoms with Crippen molar-refractivity contribution in [2.24, 2.45) is 0 Å². The van der Waals surface area contributed by atoms with E-state index in [0.29, 0.717) is 10.3 Å². The summed E-state index contributed by atoms with van der Waals surface area (Å²) in [4.78, 5) is 12.0. The molecular formula is C6H5N5S. The van der Waals surface area contributed by atoms with Crippen molar-refractivity contribution in [1.29, 1.82) is 0 Å². The fraction of sp³-hybridized carbons (Fsp3) is 0. The van der Waals surface area contributed by atoms with Crippen molar-refractivity contribution in [1.82, 2.24) is 25.1 Å². The molecule has 6 heteroatoms. The second-order valence-electron chi connectivity index (χ2n) is 1.92. The average molecular weight is 179 g/mol. The summed E-state index contributed by atoms with van der Waals surface area (Å²) in [5, 5.41) is 7.77. The maximum Gasteiger partial charge on any atom is 0.195 e. The summed E-state index contributed by atoms with van der Waals surface area (Å²) in [6.45, 7) is 0. The van der Waals surface area contributed by atoms with E-state index in [4.69, 9.17) is 0 Å². The van der Waals surface area contributed by atoms with Crippen LogP contribution in [-0.4, -0.2) is 25.1 Å². The van der Waals surface area contributed by atoms with Crippen molar-refractivity contribution in [3.63, 3.8) is 0 Å². The Bertz CT molecular complexity index is 332. The molecule has 2 rings (SSSR count). The first kappa shape index (κ1) is 7.23. The molecule has 0 radical (unpaired) electrons. The van der Waals surface area contributed by atoms with Crippen LogP contribution in [0.2, 0.25) is 0 Å². The Morgan fingerprint density at radius 1 is 1.17 bits per heavy atom. The average Bonchev–Trinajstić information content (AvgIpc) is 2.59. The summed E-state index contributed by atoms with van der Waals surface area (Å²) in [5.41, 5.74) is 0. The Kier molecular flexibility index (Phi) is 2.00. The Balaban J connectivity index is 2.15. The monoisotopic (exact) mass is 179 g/mol. The molecule has 0 aliphatic carbocycles. The molecule has 0 fully saturated rings. The normalized spacial score (nSPS) is 10.0. The molecular weight excluding hydrogens is 174 g/mol. The SMILES string of the molecule is c1cnc(Sc2ncn[nH]2)nc1. The molecule has 1 N–H and O–H groups in total. The van der Waals surface area contributed by atoms with Crippen LogP contribution >= 0.6 is 11.8 Å². The van der Waals surface area contributed by atoms with Gasteiger partial charge in [-0.15, -0.1) is 0 Å². The van der Waals surface area contributed by atoms with Crippen molar-refractivity contribution in [3.05, 3.63) is 24.8 Å². The predicted molar refractivity (Wildman–Crippen MR) is 42.5 cm³/mol. The van der Waals surface area contributed by atoms with Crippen molar-refractivity contribution < 1.29 is 0 Å². The smallest absolute Gasteiger partial charge is 0.195 e. The molecule has 0 spiro atoms. The minimum atomic E-state index is 0.661. The maximum atomic E-state index is 4.02. The molecule has 0 atom stereocenters. The second-order valence-corrected chi connectivity index (χ2v) is 2.88. The first-order chi connectivity index (χ1) is 5.95. The third kappa shape index (κ3) is 1.59. The van der Waals surface area contributed by atoms with Gasteiger partial charge in [0.05, 0.1) is 0 Å². The highest BCUT2D eigenvalue weighted by atomic mass is 32.2. The molecule has 0 aromatic carbocycles. The topological polar surface area (TPSA) is 67.3 Å². The molecule has 0 unspecified atom stereocenters. The highest BCUT2D eigenvalue weighted by Crippen LogP contribution is 2.17. The number of hydrogen-bond donors (Lipinski definition) is 1. The fourth-order valence-corrected chi connectivity index (χ4v) is 1.27. The summed E-state index contributed by atoms with van der Waals surface area (Å²) in [6, 6.07) is 1.77. The zero-order valence-electron chi connectivity index (χ0n) is 6.01. The number of rotatable bonds is 2. The number of H-pyrrole nitrogens is 1. The van der Waals surface area contributed by atoms with Gasteiger partial charge >= 0.3 is 0 Å². The van der Waals surface area contributed by atoms with Gasteiger partial charge in [0.2, 0.25) is 0 Å². The number of nitrogens with zero attached hydrogens (tertiary/aromatic N) is 4. The largest absolute Gasteiger partial charge is 0.254 e. The van der Waals surface area contributed by atoms with Gasteiger partial charge in [-0.1, -0.05) is 0 Å². The van der Waals surface area contributed by atoms with Gasteiger partial charge in [-0.05, 0) is 17.8 Å². The van der Waals surface area contributed by atoms with E-state index in [1.54, 1.807) is 18.5 Å². The zero-order chi connectivity index (χ0) is 8.23. The second kappa shape index (κ2) is 3.31. The van der Waals surface area contributed by atoms with Crippen LogP contribution in [0.1, 0.15) is 0 Å². The predicted octanol–water partition coefficient (Wildman–Crippen LogP) is 0.746. The van der Waals surface area contributed by atoms with Crippen molar-refractivity contribution in [3.8, 4) is 0 Å². The first-order valence-electron chi connectivity index (χ1n) is 3.25. The maximum absolute atomic E-state index is 4.02. The molecule has 60 valence electrons. The summed E-state index contributed by atoms with van der Waals surface area (Å²) in [7, 11) is 0. The Morgan fingerprint density at radius 2 is 2.00 bits per heavy atom. The van der Waals surface area contributed by atoms with Crippen LogP contribution in [0.5, 0.6) is 0 Å². The van der Waals surface area contributed by atoms with Crippen LogP contribution < -0.4 is 0 Å². The molecule has 0 amide bonds. The van der Waals surface area contributed by atoms with Crippen LogP contribution in [0.15, 0.2) is 35.1 Å². The van der Waals surface area contributed by atoms with Gasteiger partial charge in [0, 0.05) is 12.4 Å². The third-order valence-electron chi connectivity index (χ3n) is 1.12. The molecule has 5 nitrogen and oxygen atoms in total. The quantitative estimate of drug-likeness (QED) is 0.689. The van der Waals surface area contributed by atoms with E-state index in [0.717, 1.165) is 0 Å². The van der Waals surface area contributed by atoms with Crippen LogP contribution in [0.25, 0.3) is 0 Å². The molecule has 2 aromatic heterocycles. The van der Waals surface area contributed by atoms with Crippen LogP contribution in [0.3, 0.4) is 0 Å². The van der Waals surface area contributed by atoms with Crippen LogP contribution in [-0.2, 0) is 0 Å². The van der Waals surface area contributed by atoms with Gasteiger partial charge in [-0.3, -0.25) is 5.10 Å². The minimum absolute atomic E-state index is 0.661. The summed E-state index contributed by atoms with van der Waals surface area (Å²) in [6.07, 6.45) is 4.82. The van der Waals surface area contributed by atoms with Crippen molar-refractivity contribution in [2.75, 3.05) is 0 Å². The molecule has 0 aliphatic heterocycles. The van der Waals surface area contributed by atoms with E-state index in [9.17, 15) is 0 Å². The lowest BCUT2D eigenvalue weighted by molar-refractivity contribution is 0.932. The number of hydrogen-bond acceptors (Lipinski definition) is 5. The van der Waals surface area contributed by atoms with E-state index in [2.05, 4.69) is 25.1 Å². The Labute approximate surface area is 72.7 Å².